The molecule has 0 heterocycles. The van der Waals surface area contributed by atoms with E-state index in [0.717, 1.165) is 6.42 Å². The minimum atomic E-state index is -3.91. The Kier molecular flexibility index (Phi) is 5.33. The number of ether oxygens (including phenoxy) is 1. The molecule has 1 fully saturated rings. The van der Waals surface area contributed by atoms with Crippen molar-refractivity contribution < 1.29 is 17.9 Å². The fourth-order valence-electron chi connectivity index (χ4n) is 2.21. The van der Waals surface area contributed by atoms with Gasteiger partial charge in [0.15, 0.2) is 0 Å². The molecule has 0 aliphatic heterocycles. The van der Waals surface area contributed by atoms with Gasteiger partial charge in [-0.05, 0) is 37.0 Å². The van der Waals surface area contributed by atoms with Gasteiger partial charge in [-0.3, -0.25) is 0 Å². The molecule has 0 unspecified atom stereocenters. The molecule has 0 atom stereocenters. The van der Waals surface area contributed by atoms with Gasteiger partial charge in [0.05, 0.1) is 17.1 Å². The van der Waals surface area contributed by atoms with E-state index in [0.29, 0.717) is 22.6 Å². The van der Waals surface area contributed by atoms with Crippen LogP contribution in [0.15, 0.2) is 21.5 Å². The minimum absolute atomic E-state index is 0.0792. The van der Waals surface area contributed by atoms with E-state index in [4.69, 9.17) is 15.4 Å². The van der Waals surface area contributed by atoms with Crippen LogP contribution in [0.3, 0.4) is 0 Å². The van der Waals surface area contributed by atoms with Crippen molar-refractivity contribution in [1.82, 2.24) is 0 Å². The molecule has 0 N–H and O–H groups in total. The fourth-order valence-corrected chi connectivity index (χ4v) is 4.02. The molecule has 2 rings (SSSR count). The van der Waals surface area contributed by atoms with E-state index in [-0.39, 0.29) is 10.5 Å². The molecule has 0 bridgehead atoms. The van der Waals surface area contributed by atoms with Gasteiger partial charge < -0.3 is 4.74 Å². The summed E-state index contributed by atoms with van der Waals surface area (Å²) >= 11 is 3.24. The Hall–Kier alpha value is -0.590. The summed E-state index contributed by atoms with van der Waals surface area (Å²) in [6.45, 7) is 1.98. The van der Waals surface area contributed by atoms with Crippen molar-refractivity contribution in [2.24, 2.45) is 5.92 Å². The van der Waals surface area contributed by atoms with Crippen LogP contribution in [0.4, 0.5) is 0 Å². The van der Waals surface area contributed by atoms with Crippen LogP contribution in [0.1, 0.15) is 41.6 Å². The van der Waals surface area contributed by atoms with Crippen molar-refractivity contribution in [2.75, 3.05) is 6.61 Å². The third-order valence-corrected chi connectivity index (χ3v) is 6.05. The molecule has 4 nitrogen and oxygen atoms in total. The van der Waals surface area contributed by atoms with Crippen molar-refractivity contribution in [2.45, 2.75) is 37.5 Å². The first kappa shape index (κ1) is 16.8. The molecule has 1 aliphatic carbocycles. The number of hydrogen-bond donors (Lipinski definition) is 0. The van der Waals surface area contributed by atoms with Crippen LogP contribution in [-0.2, 0) is 13.8 Å². The molecule has 0 radical (unpaired) electrons. The summed E-state index contributed by atoms with van der Waals surface area (Å²) in [5, 5.41) is 0. The van der Waals surface area contributed by atoms with Gasteiger partial charge in [0.1, 0.15) is 0 Å². The molecule has 21 heavy (non-hydrogen) atoms. The first-order chi connectivity index (χ1) is 9.79. The van der Waals surface area contributed by atoms with Crippen LogP contribution in [0, 0.1) is 12.8 Å². The predicted octanol–water partition coefficient (Wildman–Crippen LogP) is 4.03. The highest BCUT2D eigenvalue weighted by molar-refractivity contribution is 9.10. The maximum absolute atomic E-state index is 12.0. The van der Waals surface area contributed by atoms with E-state index in [2.05, 4.69) is 15.9 Å². The lowest BCUT2D eigenvalue weighted by Crippen LogP contribution is -2.15. The van der Waals surface area contributed by atoms with Crippen molar-refractivity contribution in [1.29, 1.82) is 0 Å². The second-order valence-electron chi connectivity index (χ2n) is 5.24. The summed E-state index contributed by atoms with van der Waals surface area (Å²) in [6.07, 6.45) is 4.50. The summed E-state index contributed by atoms with van der Waals surface area (Å²) in [7, 11) is 1.48. The van der Waals surface area contributed by atoms with Crippen molar-refractivity contribution >= 4 is 41.6 Å². The Bertz CT molecular complexity index is 653. The zero-order valence-corrected chi connectivity index (χ0v) is 14.7. The second kappa shape index (κ2) is 6.67. The molecule has 0 spiro atoms. The molecule has 0 saturated heterocycles. The lowest BCUT2D eigenvalue weighted by molar-refractivity contribution is 0.0464. The lowest BCUT2D eigenvalue weighted by atomic mass is 9.83. The van der Waals surface area contributed by atoms with Crippen molar-refractivity contribution in [3.63, 3.8) is 0 Å². The molecule has 7 heteroatoms. The monoisotopic (exact) mass is 394 g/mol. The van der Waals surface area contributed by atoms with Gasteiger partial charge in [0, 0.05) is 15.2 Å². The number of carbonyl (C=O) groups is 1. The van der Waals surface area contributed by atoms with Crippen molar-refractivity contribution in [3.05, 3.63) is 27.7 Å². The van der Waals surface area contributed by atoms with E-state index < -0.39 is 15.0 Å². The Morgan fingerprint density at radius 1 is 1.43 bits per heavy atom. The SMILES string of the molecule is Cc1c(Br)cc(C(=O)OCCC2CCC2)cc1S(=O)(=O)Cl. The highest BCUT2D eigenvalue weighted by Crippen LogP contribution is 2.30. The van der Waals surface area contributed by atoms with Crippen LogP contribution < -0.4 is 0 Å². The largest absolute Gasteiger partial charge is 0.462 e. The number of hydrogen-bond acceptors (Lipinski definition) is 4. The Balaban J connectivity index is 2.11. The first-order valence-corrected chi connectivity index (χ1v) is 9.81. The van der Waals surface area contributed by atoms with Gasteiger partial charge in [0.2, 0.25) is 0 Å². The van der Waals surface area contributed by atoms with E-state index >= 15 is 0 Å². The summed E-state index contributed by atoms with van der Waals surface area (Å²) in [4.78, 5) is 11.9. The topological polar surface area (TPSA) is 60.4 Å². The van der Waals surface area contributed by atoms with Gasteiger partial charge in [-0.2, -0.15) is 0 Å². The minimum Gasteiger partial charge on any atom is -0.462 e. The van der Waals surface area contributed by atoms with E-state index in [1.807, 2.05) is 0 Å². The Labute approximate surface area is 137 Å². The van der Waals surface area contributed by atoms with E-state index in [1.165, 1.54) is 25.3 Å². The molecule has 1 aromatic carbocycles. The molecule has 116 valence electrons. The fraction of sp³-hybridized carbons (Fsp3) is 0.500. The molecule has 1 aliphatic rings. The summed E-state index contributed by atoms with van der Waals surface area (Å²) < 4.78 is 28.8. The van der Waals surface area contributed by atoms with Gasteiger partial charge in [-0.25, -0.2) is 13.2 Å². The Morgan fingerprint density at radius 3 is 2.62 bits per heavy atom. The average Bonchev–Trinajstić information content (AvgIpc) is 2.33. The van der Waals surface area contributed by atoms with Gasteiger partial charge >= 0.3 is 5.97 Å². The number of esters is 1. The smallest absolute Gasteiger partial charge is 0.338 e. The predicted molar refractivity (Wildman–Crippen MR) is 84.2 cm³/mol. The maximum Gasteiger partial charge on any atom is 0.338 e. The first-order valence-electron chi connectivity index (χ1n) is 6.71. The number of rotatable bonds is 5. The highest BCUT2D eigenvalue weighted by atomic mass is 79.9. The number of benzene rings is 1. The quantitative estimate of drug-likeness (QED) is 0.558. The maximum atomic E-state index is 12.0. The molecule has 1 aromatic rings. The van der Waals surface area contributed by atoms with Crippen LogP contribution in [-0.4, -0.2) is 21.0 Å². The Morgan fingerprint density at radius 2 is 2.10 bits per heavy atom. The van der Waals surface area contributed by atoms with Crippen LogP contribution in [0.25, 0.3) is 0 Å². The summed E-state index contributed by atoms with van der Waals surface area (Å²) in [5.74, 6) is 0.123. The van der Waals surface area contributed by atoms with Crippen LogP contribution >= 0.6 is 26.6 Å². The highest BCUT2D eigenvalue weighted by Gasteiger charge is 2.21. The number of halogens is 2. The zero-order chi connectivity index (χ0) is 15.6. The third kappa shape index (κ3) is 4.20. The van der Waals surface area contributed by atoms with Gasteiger partial charge in [-0.1, -0.05) is 35.2 Å². The second-order valence-corrected chi connectivity index (χ2v) is 8.63. The van der Waals surface area contributed by atoms with Crippen molar-refractivity contribution in [3.8, 4) is 0 Å². The summed E-state index contributed by atoms with van der Waals surface area (Å²) in [5.41, 5.74) is 0.649. The van der Waals surface area contributed by atoms with Crippen LogP contribution in [0.2, 0.25) is 0 Å². The molecular weight excluding hydrogens is 380 g/mol. The van der Waals surface area contributed by atoms with Gasteiger partial charge in [0.25, 0.3) is 9.05 Å². The molecule has 0 amide bonds. The summed E-state index contributed by atoms with van der Waals surface area (Å²) in [6, 6.07) is 2.81. The van der Waals surface area contributed by atoms with Gasteiger partial charge in [-0.15, -0.1) is 0 Å². The molecule has 1 saturated carbocycles. The van der Waals surface area contributed by atoms with E-state index in [9.17, 15) is 13.2 Å². The number of carbonyl (C=O) groups excluding carboxylic acids is 1. The molecular formula is C14H16BrClO4S. The standard InChI is InChI=1S/C14H16BrClO4S/c1-9-12(15)7-11(8-13(9)21(16,18)19)14(17)20-6-5-10-3-2-4-10/h7-8,10H,2-6H2,1H3. The van der Waals surface area contributed by atoms with Crippen LogP contribution in [0.5, 0.6) is 0 Å². The third-order valence-electron chi connectivity index (χ3n) is 3.78. The zero-order valence-electron chi connectivity index (χ0n) is 11.6. The average molecular weight is 396 g/mol. The normalized spacial score (nSPS) is 15.6. The van der Waals surface area contributed by atoms with E-state index in [1.54, 1.807) is 13.0 Å². The molecule has 0 aromatic heterocycles. The lowest BCUT2D eigenvalue weighted by Gasteiger charge is -2.24.